The van der Waals surface area contributed by atoms with Crippen LogP contribution in [0.4, 0.5) is 5.69 Å². The Kier molecular flexibility index (Phi) is 6.79. The zero-order valence-corrected chi connectivity index (χ0v) is 16.1. The minimum absolute atomic E-state index is 0.0211. The fourth-order valence-electron chi connectivity index (χ4n) is 3.14. The number of nitro groups is 1. The molecule has 0 aliphatic carbocycles. The van der Waals surface area contributed by atoms with E-state index in [0.29, 0.717) is 19.4 Å². The average Bonchev–Trinajstić information content (AvgIpc) is 2.67. The quantitative estimate of drug-likeness (QED) is 0.401. The zero-order chi connectivity index (χ0) is 20.9. The number of amides is 1. The summed E-state index contributed by atoms with van der Waals surface area (Å²) in [6, 6.07) is 2.40. The molecule has 1 aromatic rings. The van der Waals surface area contributed by atoms with Crippen LogP contribution in [-0.2, 0) is 9.53 Å². The molecule has 0 spiro atoms. The average molecular weight is 396 g/mol. The van der Waals surface area contributed by atoms with Crippen LogP contribution in [0.3, 0.4) is 0 Å². The summed E-state index contributed by atoms with van der Waals surface area (Å²) in [4.78, 5) is 36.7. The van der Waals surface area contributed by atoms with Crippen molar-refractivity contribution in [1.82, 2.24) is 4.90 Å². The highest BCUT2D eigenvalue weighted by atomic mass is 16.6. The Hall–Kier alpha value is -2.88. The molecule has 10 nitrogen and oxygen atoms in total. The van der Waals surface area contributed by atoms with Crippen LogP contribution >= 0.6 is 0 Å². The van der Waals surface area contributed by atoms with Gasteiger partial charge in [-0.1, -0.05) is 0 Å². The Morgan fingerprint density at radius 2 is 2.00 bits per heavy atom. The number of carbonyl (C=O) groups excluding carboxylic acids is 1. The second-order valence-electron chi connectivity index (χ2n) is 6.81. The number of ether oxygens (including phenoxy) is 3. The molecule has 1 aromatic carbocycles. The molecule has 1 amide bonds. The molecule has 154 valence electrons. The normalized spacial score (nSPS) is 19.2. The highest BCUT2D eigenvalue weighted by molar-refractivity contribution is 5.99. The van der Waals surface area contributed by atoms with Gasteiger partial charge in [0, 0.05) is 26.3 Å². The molecule has 1 atom stereocenters. The van der Waals surface area contributed by atoms with Gasteiger partial charge in [0.05, 0.1) is 30.1 Å². The van der Waals surface area contributed by atoms with E-state index >= 15 is 0 Å². The topological polar surface area (TPSA) is 128 Å². The number of piperidine rings is 1. The lowest BCUT2D eigenvalue weighted by atomic mass is 9.82. The fourth-order valence-corrected chi connectivity index (χ4v) is 3.14. The number of rotatable bonds is 8. The second-order valence-corrected chi connectivity index (χ2v) is 6.81. The summed E-state index contributed by atoms with van der Waals surface area (Å²) in [5.41, 5.74) is -1.69. The van der Waals surface area contributed by atoms with Gasteiger partial charge in [-0.05, 0) is 19.8 Å². The van der Waals surface area contributed by atoms with Crippen molar-refractivity contribution in [1.29, 1.82) is 0 Å². The second kappa shape index (κ2) is 8.87. The monoisotopic (exact) mass is 396 g/mol. The molecule has 1 aliphatic heterocycles. The minimum atomic E-state index is -1.09. The molecule has 1 fully saturated rings. The third kappa shape index (κ3) is 4.50. The largest absolute Gasteiger partial charge is 0.493 e. The van der Waals surface area contributed by atoms with E-state index in [2.05, 4.69) is 0 Å². The Morgan fingerprint density at radius 3 is 2.57 bits per heavy atom. The molecule has 2 rings (SSSR count). The van der Waals surface area contributed by atoms with Crippen molar-refractivity contribution in [2.75, 3.05) is 40.5 Å². The summed E-state index contributed by atoms with van der Waals surface area (Å²) < 4.78 is 15.5. The van der Waals surface area contributed by atoms with Crippen molar-refractivity contribution in [2.45, 2.75) is 19.8 Å². The number of likely N-dealkylation sites (tertiary alicyclic amines) is 1. The molecule has 1 heterocycles. The lowest BCUT2D eigenvalue weighted by Gasteiger charge is -2.37. The van der Waals surface area contributed by atoms with Gasteiger partial charge >= 0.3 is 5.97 Å². The lowest BCUT2D eigenvalue weighted by molar-refractivity contribution is -0.385. The van der Waals surface area contributed by atoms with E-state index in [1.165, 1.54) is 25.2 Å². The van der Waals surface area contributed by atoms with Gasteiger partial charge < -0.3 is 24.2 Å². The third-order valence-electron chi connectivity index (χ3n) is 4.75. The maximum absolute atomic E-state index is 13.0. The number of carbonyl (C=O) groups is 2. The molecule has 1 aliphatic rings. The highest BCUT2D eigenvalue weighted by Crippen LogP contribution is 2.37. The fraction of sp³-hybridized carbons (Fsp3) is 0.556. The molecule has 1 saturated heterocycles. The number of carboxylic acids is 1. The number of nitro benzene ring substituents is 1. The van der Waals surface area contributed by atoms with Crippen molar-refractivity contribution in [3.05, 3.63) is 27.8 Å². The van der Waals surface area contributed by atoms with Crippen LogP contribution in [0.1, 0.15) is 30.1 Å². The third-order valence-corrected chi connectivity index (χ3v) is 4.75. The van der Waals surface area contributed by atoms with Gasteiger partial charge in [-0.25, -0.2) is 0 Å². The first-order valence-corrected chi connectivity index (χ1v) is 8.74. The predicted octanol–water partition coefficient (Wildman–Crippen LogP) is 1.96. The molecule has 28 heavy (non-hydrogen) atoms. The van der Waals surface area contributed by atoms with Gasteiger partial charge in [-0.15, -0.1) is 0 Å². The first kappa shape index (κ1) is 21.4. The molecule has 1 N–H and O–H groups in total. The first-order valence-electron chi connectivity index (χ1n) is 8.74. The molecule has 10 heteroatoms. The molecular weight excluding hydrogens is 372 g/mol. The molecule has 0 aromatic heterocycles. The summed E-state index contributed by atoms with van der Waals surface area (Å²) in [5, 5.41) is 21.0. The van der Waals surface area contributed by atoms with Crippen LogP contribution in [0.25, 0.3) is 0 Å². The standard InChI is InChI=1S/C18H24N2O8/c1-18(17(22)23)5-4-6-19(11-18)16(21)12-9-14(27-3)15(28-8-7-26-2)10-13(12)20(24)25/h9-10H,4-8,11H2,1-3H3,(H,22,23). The van der Waals surface area contributed by atoms with Crippen molar-refractivity contribution in [3.63, 3.8) is 0 Å². The SMILES string of the molecule is COCCOc1cc([N+](=O)[O-])c(C(=O)N2CCCC(C)(C(=O)O)C2)cc1OC. The van der Waals surface area contributed by atoms with Crippen LogP contribution in [0, 0.1) is 15.5 Å². The van der Waals surface area contributed by atoms with Gasteiger partial charge in [-0.2, -0.15) is 0 Å². The van der Waals surface area contributed by atoms with Gasteiger partial charge in [0.2, 0.25) is 0 Å². The number of methoxy groups -OCH3 is 2. The van der Waals surface area contributed by atoms with Crippen molar-refractivity contribution in [2.24, 2.45) is 5.41 Å². The summed E-state index contributed by atoms with van der Waals surface area (Å²) in [7, 11) is 2.86. The molecule has 0 radical (unpaired) electrons. The summed E-state index contributed by atoms with van der Waals surface area (Å²) in [6.45, 7) is 2.30. The number of benzene rings is 1. The minimum Gasteiger partial charge on any atom is -0.493 e. The van der Waals surface area contributed by atoms with Crippen LogP contribution < -0.4 is 9.47 Å². The van der Waals surface area contributed by atoms with E-state index in [9.17, 15) is 24.8 Å². The number of nitrogens with zero attached hydrogens (tertiary/aromatic N) is 2. The van der Waals surface area contributed by atoms with E-state index in [-0.39, 0.29) is 36.8 Å². The van der Waals surface area contributed by atoms with Gasteiger partial charge in [0.25, 0.3) is 11.6 Å². The molecule has 1 unspecified atom stereocenters. The van der Waals surface area contributed by atoms with Crippen LogP contribution in [0.2, 0.25) is 0 Å². The molecule has 0 bridgehead atoms. The van der Waals surface area contributed by atoms with Crippen molar-refractivity contribution >= 4 is 17.6 Å². The van der Waals surface area contributed by atoms with E-state index in [1.54, 1.807) is 6.92 Å². The summed E-state index contributed by atoms with van der Waals surface area (Å²) >= 11 is 0. The zero-order valence-electron chi connectivity index (χ0n) is 16.1. The van der Waals surface area contributed by atoms with E-state index < -0.39 is 27.9 Å². The number of hydrogen-bond donors (Lipinski definition) is 1. The maximum atomic E-state index is 13.0. The summed E-state index contributed by atoms with van der Waals surface area (Å²) in [5.74, 6) is -1.32. The molecule has 0 saturated carbocycles. The van der Waals surface area contributed by atoms with E-state index in [0.717, 1.165) is 6.07 Å². The number of aliphatic carboxylic acids is 1. The predicted molar refractivity (Wildman–Crippen MR) is 97.9 cm³/mol. The Bertz CT molecular complexity index is 766. The van der Waals surface area contributed by atoms with E-state index in [1.807, 2.05) is 0 Å². The number of carboxylic acid groups (broad SMARTS) is 1. The Labute approximate surface area is 162 Å². The number of hydrogen-bond acceptors (Lipinski definition) is 7. The Balaban J connectivity index is 2.38. The van der Waals surface area contributed by atoms with Gasteiger partial charge in [0.1, 0.15) is 12.2 Å². The van der Waals surface area contributed by atoms with Crippen molar-refractivity contribution in [3.8, 4) is 11.5 Å². The van der Waals surface area contributed by atoms with Crippen molar-refractivity contribution < 1.29 is 33.8 Å². The first-order chi connectivity index (χ1) is 13.2. The smallest absolute Gasteiger partial charge is 0.311 e. The summed E-state index contributed by atoms with van der Waals surface area (Å²) in [6.07, 6.45) is 0.932. The highest BCUT2D eigenvalue weighted by Gasteiger charge is 2.40. The Morgan fingerprint density at radius 1 is 1.29 bits per heavy atom. The van der Waals surface area contributed by atoms with Gasteiger partial charge in [-0.3, -0.25) is 19.7 Å². The molecular formula is C18H24N2O8. The van der Waals surface area contributed by atoms with E-state index in [4.69, 9.17) is 14.2 Å². The lowest BCUT2D eigenvalue weighted by Crippen LogP contribution is -2.48. The van der Waals surface area contributed by atoms with Crippen LogP contribution in [0.5, 0.6) is 11.5 Å². The van der Waals surface area contributed by atoms with Gasteiger partial charge in [0.15, 0.2) is 11.5 Å². The van der Waals surface area contributed by atoms with Crippen LogP contribution in [-0.4, -0.2) is 67.3 Å². The maximum Gasteiger partial charge on any atom is 0.311 e. The van der Waals surface area contributed by atoms with Crippen LogP contribution in [0.15, 0.2) is 12.1 Å².